The molecule has 0 aliphatic carbocycles. The minimum absolute atomic E-state index is 0.0637. The molecule has 0 aliphatic heterocycles. The van der Waals surface area contributed by atoms with Gasteiger partial charge in [0.2, 0.25) is 5.91 Å². The van der Waals surface area contributed by atoms with Gasteiger partial charge < -0.3 is 19.5 Å². The van der Waals surface area contributed by atoms with Crippen LogP contribution < -0.4 is 28.6 Å². The molecule has 0 aliphatic rings. The van der Waals surface area contributed by atoms with Crippen molar-refractivity contribution < 1.29 is 40.2 Å². The Labute approximate surface area is 248 Å². The van der Waals surface area contributed by atoms with E-state index in [0.717, 1.165) is 16.4 Å². The number of amides is 1. The lowest BCUT2D eigenvalue weighted by atomic mass is 10.3. The average molecular weight is 630 g/mol. The molecule has 4 rings (SSSR count). The van der Waals surface area contributed by atoms with Crippen LogP contribution in [0.25, 0.3) is 0 Å². The third-order valence-corrected chi connectivity index (χ3v) is 9.32. The molecule has 0 bridgehead atoms. The van der Waals surface area contributed by atoms with Crippen molar-refractivity contribution in [2.24, 2.45) is 0 Å². The third-order valence-electron chi connectivity index (χ3n) is 6.15. The van der Waals surface area contributed by atoms with Gasteiger partial charge in [-0.3, -0.25) is 13.8 Å². The fraction of sp³-hybridized carbons (Fsp3) is 0.138. The number of benzene rings is 4. The first-order valence-corrected chi connectivity index (χ1v) is 15.5. The maximum absolute atomic E-state index is 13.6. The van der Waals surface area contributed by atoms with Gasteiger partial charge in [-0.1, -0.05) is 0 Å². The molecule has 0 atom stereocenters. The van der Waals surface area contributed by atoms with Gasteiger partial charge in [0.1, 0.15) is 29.6 Å². The molecule has 226 valence electrons. The summed E-state index contributed by atoms with van der Waals surface area (Å²) in [5.74, 6) is -0.131. The van der Waals surface area contributed by atoms with E-state index in [1.54, 1.807) is 6.07 Å². The van der Waals surface area contributed by atoms with E-state index in [4.69, 9.17) is 14.2 Å². The number of halogens is 1. The quantitative estimate of drug-likeness (QED) is 0.234. The van der Waals surface area contributed by atoms with Gasteiger partial charge in [-0.05, 0) is 84.9 Å². The number of nitrogens with zero attached hydrogens (tertiary/aromatic N) is 1. The van der Waals surface area contributed by atoms with Gasteiger partial charge in [0.05, 0.1) is 42.5 Å². The van der Waals surface area contributed by atoms with Gasteiger partial charge in [0.25, 0.3) is 20.0 Å². The minimum Gasteiger partial charge on any atom is -0.497 e. The van der Waals surface area contributed by atoms with Crippen molar-refractivity contribution in [2.75, 3.05) is 42.2 Å². The normalized spacial score (nSPS) is 11.3. The Balaban J connectivity index is 1.52. The molecule has 0 unspecified atom stereocenters. The number of sulfonamides is 2. The average Bonchev–Trinajstić information content (AvgIpc) is 3.00. The van der Waals surface area contributed by atoms with Gasteiger partial charge in [0, 0.05) is 11.8 Å². The summed E-state index contributed by atoms with van der Waals surface area (Å²) in [6.07, 6.45) is 0. The lowest BCUT2D eigenvalue weighted by molar-refractivity contribution is -0.114. The molecule has 11 nitrogen and oxygen atoms in total. The first-order chi connectivity index (χ1) is 20.5. The molecule has 0 radical (unpaired) electrons. The van der Waals surface area contributed by atoms with Crippen LogP contribution in [0.5, 0.6) is 17.2 Å². The van der Waals surface area contributed by atoms with Crippen molar-refractivity contribution in [3.05, 3.63) is 96.8 Å². The van der Waals surface area contributed by atoms with Crippen molar-refractivity contribution in [3.63, 3.8) is 0 Å². The van der Waals surface area contributed by atoms with Crippen molar-refractivity contribution in [1.29, 1.82) is 0 Å². The van der Waals surface area contributed by atoms with Crippen molar-refractivity contribution in [3.8, 4) is 17.2 Å². The predicted octanol–water partition coefficient (Wildman–Crippen LogP) is 4.49. The monoisotopic (exact) mass is 629 g/mol. The minimum atomic E-state index is -4.26. The van der Waals surface area contributed by atoms with E-state index >= 15 is 0 Å². The fourth-order valence-corrected chi connectivity index (χ4v) is 6.42. The summed E-state index contributed by atoms with van der Waals surface area (Å²) in [6, 6.07) is 20.1. The number of hydrogen-bond acceptors (Lipinski definition) is 8. The molecule has 0 aromatic heterocycles. The molecular weight excluding hydrogens is 601 g/mol. The Hall–Kier alpha value is -4.82. The molecule has 0 fully saturated rings. The zero-order chi connectivity index (χ0) is 31.2. The summed E-state index contributed by atoms with van der Waals surface area (Å²) in [7, 11) is -3.99. The second-order valence-electron chi connectivity index (χ2n) is 8.91. The first kappa shape index (κ1) is 31.1. The van der Waals surface area contributed by atoms with E-state index in [1.165, 1.54) is 94.1 Å². The molecule has 0 heterocycles. The van der Waals surface area contributed by atoms with Gasteiger partial charge in [-0.2, -0.15) is 0 Å². The van der Waals surface area contributed by atoms with E-state index in [0.29, 0.717) is 11.5 Å². The third kappa shape index (κ3) is 7.34. The van der Waals surface area contributed by atoms with Gasteiger partial charge >= 0.3 is 0 Å². The number of methoxy groups -OCH3 is 3. The van der Waals surface area contributed by atoms with Crippen LogP contribution in [0.2, 0.25) is 0 Å². The highest BCUT2D eigenvalue weighted by molar-refractivity contribution is 7.93. The summed E-state index contributed by atoms with van der Waals surface area (Å²) < 4.78 is 85.3. The summed E-state index contributed by atoms with van der Waals surface area (Å²) >= 11 is 0. The smallest absolute Gasteiger partial charge is 0.264 e. The molecule has 4 aromatic carbocycles. The van der Waals surface area contributed by atoms with Crippen molar-refractivity contribution >= 4 is 43.0 Å². The van der Waals surface area contributed by atoms with Crippen LogP contribution in [0.3, 0.4) is 0 Å². The molecule has 1 amide bonds. The molecule has 0 saturated heterocycles. The number of carbonyl (C=O) groups is 1. The van der Waals surface area contributed by atoms with E-state index in [1.807, 2.05) is 0 Å². The topological polar surface area (TPSA) is 140 Å². The molecule has 0 saturated carbocycles. The first-order valence-electron chi connectivity index (χ1n) is 12.5. The molecule has 43 heavy (non-hydrogen) atoms. The summed E-state index contributed by atoms with van der Waals surface area (Å²) in [5, 5.41) is 2.57. The molecule has 2 N–H and O–H groups in total. The Morgan fingerprint density at radius 3 is 1.91 bits per heavy atom. The number of rotatable bonds is 12. The summed E-state index contributed by atoms with van der Waals surface area (Å²) in [6.45, 7) is -0.654. The lowest BCUT2D eigenvalue weighted by Gasteiger charge is -2.24. The predicted molar refractivity (Wildman–Crippen MR) is 159 cm³/mol. The molecule has 14 heteroatoms. The Kier molecular flexibility index (Phi) is 9.41. The second-order valence-corrected chi connectivity index (χ2v) is 12.5. The van der Waals surface area contributed by atoms with Crippen LogP contribution in [-0.4, -0.2) is 50.6 Å². The van der Waals surface area contributed by atoms with Gasteiger partial charge in [0.15, 0.2) is 0 Å². The summed E-state index contributed by atoms with van der Waals surface area (Å²) in [4.78, 5) is 12.8. The van der Waals surface area contributed by atoms with Gasteiger partial charge in [-0.25, -0.2) is 21.2 Å². The van der Waals surface area contributed by atoms with E-state index in [9.17, 15) is 26.0 Å². The fourth-order valence-electron chi connectivity index (χ4n) is 3.93. The Morgan fingerprint density at radius 1 is 0.744 bits per heavy atom. The van der Waals surface area contributed by atoms with Crippen LogP contribution in [0.15, 0.2) is 101 Å². The van der Waals surface area contributed by atoms with E-state index < -0.39 is 38.3 Å². The summed E-state index contributed by atoms with van der Waals surface area (Å²) in [5.41, 5.74) is 0.473. The second kappa shape index (κ2) is 13.0. The number of nitrogens with one attached hydrogen (secondary N) is 2. The van der Waals surface area contributed by atoms with Crippen molar-refractivity contribution in [2.45, 2.75) is 9.79 Å². The number of carbonyl (C=O) groups excluding carboxylic acids is 1. The molecular formula is C29H28FN3O8S2. The van der Waals surface area contributed by atoms with Crippen molar-refractivity contribution in [1.82, 2.24) is 0 Å². The Morgan fingerprint density at radius 2 is 1.33 bits per heavy atom. The number of ether oxygens (including phenoxy) is 3. The number of hydrogen-bond donors (Lipinski definition) is 2. The van der Waals surface area contributed by atoms with Crippen LogP contribution in [0, 0.1) is 5.82 Å². The molecule has 4 aromatic rings. The van der Waals surface area contributed by atoms with E-state index in [-0.39, 0.29) is 32.6 Å². The largest absolute Gasteiger partial charge is 0.497 e. The maximum Gasteiger partial charge on any atom is 0.264 e. The van der Waals surface area contributed by atoms with Crippen LogP contribution in [-0.2, 0) is 24.8 Å². The Bertz CT molecular complexity index is 1800. The highest BCUT2D eigenvalue weighted by Gasteiger charge is 2.27. The number of anilines is 3. The van der Waals surface area contributed by atoms with Crippen LogP contribution in [0.4, 0.5) is 21.5 Å². The van der Waals surface area contributed by atoms with E-state index in [2.05, 4.69) is 10.0 Å². The molecule has 0 spiro atoms. The zero-order valence-corrected chi connectivity index (χ0v) is 24.9. The van der Waals surface area contributed by atoms with Crippen LogP contribution in [0.1, 0.15) is 0 Å². The SMILES string of the molecule is COc1ccc(S(=O)(=O)N(CC(=O)Nc2ccc(S(=O)(=O)Nc3ccc(OC)cc3OC)cc2)c2ccc(F)cc2)cc1. The van der Waals surface area contributed by atoms with Gasteiger partial charge in [-0.15, -0.1) is 0 Å². The highest BCUT2D eigenvalue weighted by Crippen LogP contribution is 2.31. The zero-order valence-electron chi connectivity index (χ0n) is 23.3. The maximum atomic E-state index is 13.6. The standard InChI is InChI=1S/C29H28FN3O8S2/c1-39-23-10-15-26(16-11-23)43(37,38)33(22-8-4-20(30)5-9-22)19-29(34)31-21-6-13-25(14-7-21)42(35,36)32-27-17-12-24(40-2)18-28(27)41-3/h4-18,32H,19H2,1-3H3,(H,31,34). The van der Waals surface area contributed by atoms with Crippen LogP contribution >= 0.6 is 0 Å². The highest BCUT2D eigenvalue weighted by atomic mass is 32.2. The lowest BCUT2D eigenvalue weighted by Crippen LogP contribution is -2.38.